The van der Waals surface area contributed by atoms with Crippen molar-refractivity contribution in [2.75, 3.05) is 19.4 Å². The normalized spacial score (nSPS) is 11.8. The fraction of sp³-hybridized carbons (Fsp3) is 0.267. The molecule has 1 atom stereocenters. The SMILES string of the molecule is CNC(=O)c1cc(NC(=O)C(NC)c2cnn(C)c2)ccc1Cl. The summed E-state index contributed by atoms with van der Waals surface area (Å²) in [6.45, 7) is 0. The summed E-state index contributed by atoms with van der Waals surface area (Å²) in [5, 5.41) is 12.6. The molecule has 2 amide bonds. The molecule has 23 heavy (non-hydrogen) atoms. The van der Waals surface area contributed by atoms with Crippen LogP contribution in [-0.4, -0.2) is 35.7 Å². The second-order valence-electron chi connectivity index (χ2n) is 4.93. The first-order valence-corrected chi connectivity index (χ1v) is 7.32. The van der Waals surface area contributed by atoms with Gasteiger partial charge < -0.3 is 16.0 Å². The molecule has 1 aromatic heterocycles. The summed E-state index contributed by atoms with van der Waals surface area (Å²) in [4.78, 5) is 24.2. The average Bonchev–Trinajstić information content (AvgIpc) is 2.95. The third-order valence-corrected chi connectivity index (χ3v) is 3.64. The van der Waals surface area contributed by atoms with E-state index in [0.717, 1.165) is 5.56 Å². The molecular formula is C15H18ClN5O2. The number of nitrogens with zero attached hydrogens (tertiary/aromatic N) is 2. The first kappa shape index (κ1) is 17.0. The third-order valence-electron chi connectivity index (χ3n) is 3.31. The van der Waals surface area contributed by atoms with Gasteiger partial charge in [-0.3, -0.25) is 14.3 Å². The van der Waals surface area contributed by atoms with Crippen LogP contribution >= 0.6 is 11.6 Å². The van der Waals surface area contributed by atoms with Crippen molar-refractivity contribution in [1.29, 1.82) is 0 Å². The molecule has 0 saturated carbocycles. The zero-order valence-electron chi connectivity index (χ0n) is 13.1. The van der Waals surface area contributed by atoms with Gasteiger partial charge in [0, 0.05) is 31.5 Å². The molecule has 0 aliphatic rings. The standard InChI is InChI=1S/C15H18ClN5O2/c1-17-13(9-7-19-21(3)8-9)15(23)20-10-4-5-12(16)11(6-10)14(22)18-2/h4-8,13,17H,1-3H3,(H,18,22)(H,20,23). The lowest BCUT2D eigenvalue weighted by atomic mass is 10.1. The highest BCUT2D eigenvalue weighted by atomic mass is 35.5. The Morgan fingerprint density at radius 2 is 2.04 bits per heavy atom. The van der Waals surface area contributed by atoms with Crippen LogP contribution in [0.1, 0.15) is 22.0 Å². The van der Waals surface area contributed by atoms with Crippen LogP contribution in [0, 0.1) is 0 Å². The minimum absolute atomic E-state index is 0.259. The lowest BCUT2D eigenvalue weighted by Gasteiger charge is -2.15. The summed E-state index contributed by atoms with van der Waals surface area (Å²) in [6.07, 6.45) is 3.39. The lowest BCUT2D eigenvalue weighted by molar-refractivity contribution is -0.118. The van der Waals surface area contributed by atoms with Gasteiger partial charge >= 0.3 is 0 Å². The monoisotopic (exact) mass is 335 g/mol. The van der Waals surface area contributed by atoms with E-state index in [0.29, 0.717) is 16.3 Å². The van der Waals surface area contributed by atoms with Gasteiger partial charge in [0.1, 0.15) is 6.04 Å². The number of aromatic nitrogens is 2. The van der Waals surface area contributed by atoms with E-state index in [9.17, 15) is 9.59 Å². The number of amides is 2. The first-order valence-electron chi connectivity index (χ1n) is 6.94. The van der Waals surface area contributed by atoms with Gasteiger partial charge in [0.15, 0.2) is 0 Å². The maximum Gasteiger partial charge on any atom is 0.252 e. The highest BCUT2D eigenvalue weighted by Gasteiger charge is 2.21. The number of hydrogen-bond acceptors (Lipinski definition) is 4. The highest BCUT2D eigenvalue weighted by Crippen LogP contribution is 2.22. The number of rotatable bonds is 5. The number of hydrogen-bond donors (Lipinski definition) is 3. The zero-order valence-corrected chi connectivity index (χ0v) is 13.8. The third kappa shape index (κ3) is 3.88. The predicted octanol–water partition coefficient (Wildman–Crippen LogP) is 1.33. The predicted molar refractivity (Wildman–Crippen MR) is 88.5 cm³/mol. The number of benzene rings is 1. The first-order chi connectivity index (χ1) is 11.0. The molecular weight excluding hydrogens is 318 g/mol. The van der Waals surface area contributed by atoms with Crippen LogP contribution in [-0.2, 0) is 11.8 Å². The number of anilines is 1. The topological polar surface area (TPSA) is 88.1 Å². The molecule has 1 heterocycles. The van der Waals surface area contributed by atoms with E-state index in [1.54, 1.807) is 43.3 Å². The molecule has 0 spiro atoms. The van der Waals surface area contributed by atoms with Crippen LogP contribution < -0.4 is 16.0 Å². The van der Waals surface area contributed by atoms with Crippen molar-refractivity contribution >= 4 is 29.1 Å². The largest absolute Gasteiger partial charge is 0.355 e. The van der Waals surface area contributed by atoms with Gasteiger partial charge in [0.05, 0.1) is 16.8 Å². The van der Waals surface area contributed by atoms with Crippen molar-refractivity contribution in [2.24, 2.45) is 7.05 Å². The Morgan fingerprint density at radius 1 is 1.30 bits per heavy atom. The van der Waals surface area contributed by atoms with Gasteiger partial charge in [-0.1, -0.05) is 11.6 Å². The van der Waals surface area contributed by atoms with Crippen molar-refractivity contribution in [3.05, 3.63) is 46.7 Å². The van der Waals surface area contributed by atoms with Crippen LogP contribution in [0.15, 0.2) is 30.6 Å². The lowest BCUT2D eigenvalue weighted by Crippen LogP contribution is -2.30. The van der Waals surface area contributed by atoms with E-state index in [2.05, 4.69) is 21.0 Å². The Morgan fingerprint density at radius 3 is 2.61 bits per heavy atom. The summed E-state index contributed by atoms with van der Waals surface area (Å²) in [7, 11) is 4.99. The Kier molecular flexibility index (Phi) is 5.36. The maximum atomic E-state index is 12.4. The summed E-state index contributed by atoms with van der Waals surface area (Å²) >= 11 is 6.00. The summed E-state index contributed by atoms with van der Waals surface area (Å²) in [6, 6.07) is 4.19. The molecule has 1 aromatic carbocycles. The smallest absolute Gasteiger partial charge is 0.252 e. The quantitative estimate of drug-likeness (QED) is 0.769. The maximum absolute atomic E-state index is 12.4. The molecule has 3 N–H and O–H groups in total. The molecule has 0 aliphatic heterocycles. The van der Waals surface area contributed by atoms with E-state index in [1.165, 1.54) is 13.1 Å². The average molecular weight is 336 g/mol. The van der Waals surface area contributed by atoms with Gasteiger partial charge in [-0.25, -0.2) is 0 Å². The van der Waals surface area contributed by atoms with Crippen LogP contribution in [0.5, 0.6) is 0 Å². The molecule has 0 saturated heterocycles. The van der Waals surface area contributed by atoms with Gasteiger partial charge in [-0.2, -0.15) is 5.10 Å². The summed E-state index contributed by atoms with van der Waals surface area (Å²) < 4.78 is 1.62. The van der Waals surface area contributed by atoms with Crippen molar-refractivity contribution in [3.63, 3.8) is 0 Å². The minimum Gasteiger partial charge on any atom is -0.355 e. The molecule has 122 valence electrons. The minimum atomic E-state index is -0.553. The molecule has 2 rings (SSSR count). The van der Waals surface area contributed by atoms with Crippen LogP contribution in [0.3, 0.4) is 0 Å². The van der Waals surface area contributed by atoms with E-state index in [-0.39, 0.29) is 11.8 Å². The molecule has 2 aromatic rings. The second kappa shape index (κ2) is 7.26. The molecule has 0 fully saturated rings. The Balaban J connectivity index is 2.20. The van der Waals surface area contributed by atoms with Gasteiger partial charge in [0.2, 0.25) is 5.91 Å². The number of carbonyl (C=O) groups is 2. The second-order valence-corrected chi connectivity index (χ2v) is 5.34. The van der Waals surface area contributed by atoms with Crippen LogP contribution in [0.25, 0.3) is 0 Å². The van der Waals surface area contributed by atoms with Gasteiger partial charge in [-0.05, 0) is 25.2 Å². The van der Waals surface area contributed by atoms with Crippen molar-refractivity contribution in [2.45, 2.75) is 6.04 Å². The van der Waals surface area contributed by atoms with Gasteiger partial charge in [-0.15, -0.1) is 0 Å². The fourth-order valence-corrected chi connectivity index (χ4v) is 2.37. The molecule has 0 aliphatic carbocycles. The molecule has 0 bridgehead atoms. The Bertz CT molecular complexity index is 728. The highest BCUT2D eigenvalue weighted by molar-refractivity contribution is 6.34. The zero-order chi connectivity index (χ0) is 17.0. The fourth-order valence-electron chi connectivity index (χ4n) is 2.16. The van der Waals surface area contributed by atoms with Crippen molar-refractivity contribution in [3.8, 4) is 0 Å². The number of nitrogens with one attached hydrogen (secondary N) is 3. The molecule has 1 unspecified atom stereocenters. The molecule has 8 heteroatoms. The molecule has 0 radical (unpaired) electrons. The van der Waals surface area contributed by atoms with Crippen molar-refractivity contribution < 1.29 is 9.59 Å². The number of halogens is 1. The number of carbonyl (C=O) groups excluding carboxylic acids is 2. The van der Waals surface area contributed by atoms with E-state index in [1.807, 2.05) is 0 Å². The van der Waals surface area contributed by atoms with Crippen LogP contribution in [0.4, 0.5) is 5.69 Å². The Labute approximate surface area is 139 Å². The van der Waals surface area contributed by atoms with E-state index < -0.39 is 6.04 Å². The summed E-state index contributed by atoms with van der Waals surface area (Å²) in [5.74, 6) is -0.575. The van der Waals surface area contributed by atoms with E-state index in [4.69, 9.17) is 11.6 Å². The summed E-state index contributed by atoms with van der Waals surface area (Å²) in [5.41, 5.74) is 1.53. The van der Waals surface area contributed by atoms with Crippen LogP contribution in [0.2, 0.25) is 5.02 Å². The van der Waals surface area contributed by atoms with Crippen molar-refractivity contribution in [1.82, 2.24) is 20.4 Å². The Hall–Kier alpha value is -2.38. The molecule has 7 nitrogen and oxygen atoms in total. The number of likely N-dealkylation sites (N-methyl/N-ethyl adjacent to an activating group) is 1. The van der Waals surface area contributed by atoms with Gasteiger partial charge in [0.25, 0.3) is 5.91 Å². The van der Waals surface area contributed by atoms with E-state index >= 15 is 0 Å². The number of aryl methyl sites for hydroxylation is 1.